The average Bonchev–Trinajstić information content (AvgIpc) is 2.97. The summed E-state index contributed by atoms with van der Waals surface area (Å²) in [4.78, 5) is 25.5. The van der Waals surface area contributed by atoms with Crippen LogP contribution >= 0.6 is 11.3 Å². The molecule has 5 nitrogen and oxygen atoms in total. The molecule has 0 unspecified atom stereocenters. The SMILES string of the molecule is O=C(NCC#Cc1ccc2[nH]c(=O)sc2c1)OCc1ccccc1. The molecule has 0 aliphatic rings. The summed E-state index contributed by atoms with van der Waals surface area (Å²) < 4.78 is 5.95. The quantitative estimate of drug-likeness (QED) is 0.722. The number of aromatic amines is 1. The maximum atomic E-state index is 11.6. The Morgan fingerprint density at radius 3 is 2.88 bits per heavy atom. The highest BCUT2D eigenvalue weighted by Crippen LogP contribution is 2.15. The third-order valence-corrected chi connectivity index (χ3v) is 4.03. The summed E-state index contributed by atoms with van der Waals surface area (Å²) in [7, 11) is 0. The van der Waals surface area contributed by atoms with Gasteiger partial charge in [-0.25, -0.2) is 4.79 Å². The van der Waals surface area contributed by atoms with E-state index in [1.165, 1.54) is 0 Å². The molecular weight excluding hydrogens is 324 g/mol. The number of amides is 1. The summed E-state index contributed by atoms with van der Waals surface area (Å²) in [6, 6.07) is 14.9. The van der Waals surface area contributed by atoms with Crippen LogP contribution in [0.5, 0.6) is 0 Å². The second-order valence-corrected chi connectivity index (χ2v) is 5.96. The Labute approximate surface area is 142 Å². The van der Waals surface area contributed by atoms with Crippen LogP contribution in [0.4, 0.5) is 4.79 Å². The summed E-state index contributed by atoms with van der Waals surface area (Å²) in [5, 5.41) is 2.58. The zero-order valence-electron chi connectivity index (χ0n) is 12.7. The van der Waals surface area contributed by atoms with Gasteiger partial charge in [-0.3, -0.25) is 4.79 Å². The van der Waals surface area contributed by atoms with Crippen LogP contribution in [0.1, 0.15) is 11.1 Å². The minimum absolute atomic E-state index is 0.0852. The maximum Gasteiger partial charge on any atom is 0.408 e. The van der Waals surface area contributed by atoms with Crippen molar-refractivity contribution in [2.45, 2.75) is 6.61 Å². The van der Waals surface area contributed by atoms with Crippen LogP contribution in [0.25, 0.3) is 10.2 Å². The molecule has 0 radical (unpaired) electrons. The molecule has 2 aromatic carbocycles. The number of nitrogens with one attached hydrogen (secondary N) is 2. The molecule has 0 spiro atoms. The van der Waals surface area contributed by atoms with Gasteiger partial charge < -0.3 is 15.0 Å². The smallest absolute Gasteiger partial charge is 0.408 e. The highest BCUT2D eigenvalue weighted by molar-refractivity contribution is 7.16. The maximum absolute atomic E-state index is 11.6. The van der Waals surface area contributed by atoms with E-state index in [0.717, 1.165) is 32.7 Å². The number of hydrogen-bond acceptors (Lipinski definition) is 4. The number of hydrogen-bond donors (Lipinski definition) is 2. The van der Waals surface area contributed by atoms with E-state index in [1.54, 1.807) is 0 Å². The molecule has 3 aromatic rings. The Hall–Kier alpha value is -3.04. The predicted molar refractivity (Wildman–Crippen MR) is 94.0 cm³/mol. The van der Waals surface area contributed by atoms with Gasteiger partial charge in [-0.15, -0.1) is 0 Å². The third kappa shape index (κ3) is 4.24. The van der Waals surface area contributed by atoms with Gasteiger partial charge in [-0.2, -0.15) is 0 Å². The molecule has 0 aliphatic carbocycles. The lowest BCUT2D eigenvalue weighted by Crippen LogP contribution is -2.24. The van der Waals surface area contributed by atoms with Crippen molar-refractivity contribution in [3.63, 3.8) is 0 Å². The lowest BCUT2D eigenvalue weighted by atomic mass is 10.2. The van der Waals surface area contributed by atoms with Crippen LogP contribution in [0.15, 0.2) is 53.3 Å². The second kappa shape index (κ2) is 7.49. The lowest BCUT2D eigenvalue weighted by molar-refractivity contribution is 0.141. The number of fused-ring (bicyclic) bond motifs is 1. The van der Waals surface area contributed by atoms with Crippen LogP contribution < -0.4 is 10.2 Å². The first kappa shape index (κ1) is 15.8. The molecule has 120 valence electrons. The molecule has 0 saturated carbocycles. The first-order chi connectivity index (χ1) is 11.7. The number of carbonyl (C=O) groups is 1. The van der Waals surface area contributed by atoms with Crippen molar-refractivity contribution in [2.75, 3.05) is 6.54 Å². The first-order valence-electron chi connectivity index (χ1n) is 7.27. The number of aromatic nitrogens is 1. The highest BCUT2D eigenvalue weighted by atomic mass is 32.1. The van der Waals surface area contributed by atoms with E-state index in [9.17, 15) is 9.59 Å². The summed E-state index contributed by atoms with van der Waals surface area (Å²) >= 11 is 1.15. The molecule has 6 heteroatoms. The van der Waals surface area contributed by atoms with E-state index in [-0.39, 0.29) is 18.0 Å². The zero-order valence-corrected chi connectivity index (χ0v) is 13.5. The number of alkyl carbamates (subject to hydrolysis) is 1. The van der Waals surface area contributed by atoms with Gasteiger partial charge in [-0.1, -0.05) is 53.5 Å². The molecule has 1 aromatic heterocycles. The summed E-state index contributed by atoms with van der Waals surface area (Å²) in [5.41, 5.74) is 2.52. The Morgan fingerprint density at radius 2 is 2.04 bits per heavy atom. The molecule has 0 bridgehead atoms. The Morgan fingerprint density at radius 1 is 1.21 bits per heavy atom. The highest BCUT2D eigenvalue weighted by Gasteiger charge is 2.01. The van der Waals surface area contributed by atoms with Crippen LogP contribution in [0.3, 0.4) is 0 Å². The first-order valence-corrected chi connectivity index (χ1v) is 8.09. The number of carbonyl (C=O) groups excluding carboxylic acids is 1. The normalized spacial score (nSPS) is 10.0. The van der Waals surface area contributed by atoms with Gasteiger partial charge in [0.25, 0.3) is 0 Å². The van der Waals surface area contributed by atoms with Crippen LogP contribution in [-0.4, -0.2) is 17.6 Å². The van der Waals surface area contributed by atoms with Crippen LogP contribution in [-0.2, 0) is 11.3 Å². The number of thiazole rings is 1. The van der Waals surface area contributed by atoms with Crippen molar-refractivity contribution in [3.8, 4) is 11.8 Å². The molecule has 0 fully saturated rings. The van der Waals surface area contributed by atoms with Gasteiger partial charge in [0, 0.05) is 5.56 Å². The summed E-state index contributed by atoms with van der Waals surface area (Å²) in [6.07, 6.45) is -0.507. The van der Waals surface area contributed by atoms with Crippen molar-refractivity contribution in [1.29, 1.82) is 0 Å². The monoisotopic (exact) mass is 338 g/mol. The molecular formula is C18H14N2O3S. The fraction of sp³-hybridized carbons (Fsp3) is 0.111. The minimum Gasteiger partial charge on any atom is -0.445 e. The number of benzene rings is 2. The van der Waals surface area contributed by atoms with E-state index < -0.39 is 6.09 Å². The van der Waals surface area contributed by atoms with Crippen molar-refractivity contribution >= 4 is 27.6 Å². The molecule has 0 saturated heterocycles. The number of ether oxygens (including phenoxy) is 1. The second-order valence-electron chi connectivity index (χ2n) is 4.94. The fourth-order valence-electron chi connectivity index (χ4n) is 2.06. The van der Waals surface area contributed by atoms with Crippen molar-refractivity contribution in [2.24, 2.45) is 0 Å². The van der Waals surface area contributed by atoms with E-state index >= 15 is 0 Å². The minimum atomic E-state index is -0.507. The average molecular weight is 338 g/mol. The standard InChI is InChI=1S/C18H14N2O3S/c21-17(23-12-14-5-2-1-3-6-14)19-10-4-7-13-8-9-15-16(11-13)24-18(22)20-15/h1-3,5-6,8-9,11H,10,12H2,(H,19,21)(H,20,22). The van der Waals surface area contributed by atoms with Gasteiger partial charge in [-0.05, 0) is 23.8 Å². The molecule has 24 heavy (non-hydrogen) atoms. The van der Waals surface area contributed by atoms with Crippen molar-refractivity contribution in [3.05, 3.63) is 69.3 Å². The summed E-state index contributed by atoms with van der Waals surface area (Å²) in [6.45, 7) is 0.415. The number of H-pyrrole nitrogens is 1. The largest absolute Gasteiger partial charge is 0.445 e. The van der Waals surface area contributed by atoms with E-state index in [4.69, 9.17) is 4.74 Å². The lowest BCUT2D eigenvalue weighted by Gasteiger charge is -2.04. The Balaban J connectivity index is 1.49. The number of rotatable bonds is 3. The molecule has 1 heterocycles. The van der Waals surface area contributed by atoms with Crippen LogP contribution in [0.2, 0.25) is 0 Å². The summed E-state index contributed by atoms with van der Waals surface area (Å²) in [5.74, 6) is 5.80. The van der Waals surface area contributed by atoms with Gasteiger partial charge >= 0.3 is 11.0 Å². The van der Waals surface area contributed by atoms with Gasteiger partial charge in [0.2, 0.25) is 0 Å². The van der Waals surface area contributed by atoms with E-state index in [2.05, 4.69) is 22.1 Å². The van der Waals surface area contributed by atoms with Crippen molar-refractivity contribution < 1.29 is 9.53 Å². The fourth-order valence-corrected chi connectivity index (χ4v) is 2.84. The third-order valence-electron chi connectivity index (χ3n) is 3.19. The molecule has 0 atom stereocenters. The van der Waals surface area contributed by atoms with E-state index in [0.29, 0.717) is 0 Å². The van der Waals surface area contributed by atoms with Gasteiger partial charge in [0.05, 0.1) is 16.8 Å². The Bertz CT molecular complexity index is 964. The molecule has 2 N–H and O–H groups in total. The van der Waals surface area contributed by atoms with Gasteiger partial charge in [0.1, 0.15) is 6.61 Å². The molecule has 1 amide bonds. The molecule has 3 rings (SSSR count). The zero-order chi connectivity index (χ0) is 16.8. The Kier molecular flexibility index (Phi) is 4.94. The molecule has 0 aliphatic heterocycles. The topological polar surface area (TPSA) is 71.2 Å². The van der Waals surface area contributed by atoms with Crippen molar-refractivity contribution in [1.82, 2.24) is 10.3 Å². The van der Waals surface area contributed by atoms with Crippen LogP contribution in [0, 0.1) is 11.8 Å². The van der Waals surface area contributed by atoms with Gasteiger partial charge in [0.15, 0.2) is 0 Å². The van der Waals surface area contributed by atoms with E-state index in [1.807, 2.05) is 48.5 Å². The predicted octanol–water partition coefficient (Wildman–Crippen LogP) is 2.87.